The summed E-state index contributed by atoms with van der Waals surface area (Å²) >= 11 is 5.92. The zero-order valence-electron chi connectivity index (χ0n) is 9.24. The number of H-pyrrole nitrogens is 1. The highest BCUT2D eigenvalue weighted by atomic mass is 35.5. The molecule has 0 radical (unpaired) electrons. The van der Waals surface area contributed by atoms with Crippen LogP contribution in [0.5, 0.6) is 0 Å². The van der Waals surface area contributed by atoms with Crippen molar-refractivity contribution in [2.75, 3.05) is 0 Å². The molecule has 1 atom stereocenters. The maximum atomic E-state index is 13.5. The fraction of sp³-hybridized carbons (Fsp3) is 0.273. The minimum atomic E-state index is -0.310. The first-order chi connectivity index (χ1) is 8.18. The number of rotatable bonds is 4. The third-order valence-corrected chi connectivity index (χ3v) is 2.84. The van der Waals surface area contributed by atoms with E-state index in [0.717, 1.165) is 0 Å². The van der Waals surface area contributed by atoms with Gasteiger partial charge in [0, 0.05) is 17.1 Å². The van der Waals surface area contributed by atoms with Crippen molar-refractivity contribution in [1.29, 1.82) is 0 Å². The SMILES string of the molecule is CC(NCc1c(F)cccc1Cl)c1ncn[nH]1. The van der Waals surface area contributed by atoms with E-state index in [9.17, 15) is 4.39 Å². The molecule has 0 saturated heterocycles. The Morgan fingerprint density at radius 3 is 3.00 bits per heavy atom. The largest absolute Gasteiger partial charge is 0.303 e. The Morgan fingerprint density at radius 1 is 1.53 bits per heavy atom. The molecule has 1 unspecified atom stereocenters. The van der Waals surface area contributed by atoms with Crippen LogP contribution in [0.15, 0.2) is 24.5 Å². The summed E-state index contributed by atoms with van der Waals surface area (Å²) in [6, 6.07) is 4.59. The molecule has 1 aromatic carbocycles. The van der Waals surface area contributed by atoms with Crippen molar-refractivity contribution in [3.05, 3.63) is 46.8 Å². The first-order valence-electron chi connectivity index (χ1n) is 5.20. The summed E-state index contributed by atoms with van der Waals surface area (Å²) in [5.74, 6) is 0.396. The summed E-state index contributed by atoms with van der Waals surface area (Å²) in [4.78, 5) is 4.02. The lowest BCUT2D eigenvalue weighted by molar-refractivity contribution is 0.527. The van der Waals surface area contributed by atoms with Crippen LogP contribution in [0.25, 0.3) is 0 Å². The van der Waals surface area contributed by atoms with E-state index in [2.05, 4.69) is 20.5 Å². The average molecular weight is 255 g/mol. The average Bonchev–Trinajstić information content (AvgIpc) is 2.81. The first-order valence-corrected chi connectivity index (χ1v) is 5.58. The first kappa shape index (κ1) is 12.0. The lowest BCUT2D eigenvalue weighted by Gasteiger charge is -2.12. The van der Waals surface area contributed by atoms with Crippen molar-refractivity contribution < 1.29 is 4.39 Å². The number of benzene rings is 1. The summed E-state index contributed by atoms with van der Waals surface area (Å²) in [6.07, 6.45) is 1.43. The molecule has 2 rings (SSSR count). The second kappa shape index (κ2) is 5.25. The van der Waals surface area contributed by atoms with Crippen LogP contribution in [0.2, 0.25) is 5.02 Å². The zero-order chi connectivity index (χ0) is 12.3. The number of aromatic nitrogens is 3. The topological polar surface area (TPSA) is 53.6 Å². The minimum Gasteiger partial charge on any atom is -0.303 e. The van der Waals surface area contributed by atoms with E-state index >= 15 is 0 Å². The minimum absolute atomic E-state index is 0.0480. The smallest absolute Gasteiger partial charge is 0.141 e. The van der Waals surface area contributed by atoms with Gasteiger partial charge in [-0.05, 0) is 19.1 Å². The lowest BCUT2D eigenvalue weighted by atomic mass is 10.2. The fourth-order valence-corrected chi connectivity index (χ4v) is 1.71. The van der Waals surface area contributed by atoms with Gasteiger partial charge in [-0.15, -0.1) is 0 Å². The number of hydrogen-bond acceptors (Lipinski definition) is 3. The summed E-state index contributed by atoms with van der Waals surface area (Å²) in [5.41, 5.74) is 0.459. The Kier molecular flexibility index (Phi) is 3.71. The zero-order valence-corrected chi connectivity index (χ0v) is 10.0. The number of halogens is 2. The van der Waals surface area contributed by atoms with Gasteiger partial charge in [-0.3, -0.25) is 5.10 Å². The van der Waals surface area contributed by atoms with Gasteiger partial charge in [-0.2, -0.15) is 5.10 Å². The predicted octanol–water partition coefficient (Wildman–Crippen LogP) is 2.45. The van der Waals surface area contributed by atoms with Crippen LogP contribution in [0.4, 0.5) is 4.39 Å². The van der Waals surface area contributed by atoms with Gasteiger partial charge in [0.05, 0.1) is 6.04 Å². The maximum absolute atomic E-state index is 13.5. The van der Waals surface area contributed by atoms with E-state index in [1.165, 1.54) is 12.4 Å². The van der Waals surface area contributed by atoms with Gasteiger partial charge in [-0.25, -0.2) is 9.37 Å². The van der Waals surface area contributed by atoms with Gasteiger partial charge in [0.25, 0.3) is 0 Å². The second-order valence-electron chi connectivity index (χ2n) is 3.67. The van der Waals surface area contributed by atoms with Crippen molar-refractivity contribution in [2.45, 2.75) is 19.5 Å². The highest BCUT2D eigenvalue weighted by molar-refractivity contribution is 6.31. The van der Waals surface area contributed by atoms with Gasteiger partial charge in [-0.1, -0.05) is 17.7 Å². The van der Waals surface area contributed by atoms with Crippen LogP contribution in [-0.2, 0) is 6.54 Å². The molecule has 0 amide bonds. The molecule has 1 aromatic heterocycles. The molecule has 2 aromatic rings. The van der Waals surface area contributed by atoms with Crippen molar-refractivity contribution in [2.24, 2.45) is 0 Å². The van der Waals surface area contributed by atoms with Gasteiger partial charge in [0.15, 0.2) is 0 Å². The van der Waals surface area contributed by atoms with Crippen LogP contribution >= 0.6 is 11.6 Å². The van der Waals surface area contributed by atoms with E-state index in [4.69, 9.17) is 11.6 Å². The third kappa shape index (κ3) is 2.81. The monoisotopic (exact) mass is 254 g/mol. The molecule has 0 aliphatic carbocycles. The number of nitrogens with zero attached hydrogens (tertiary/aromatic N) is 2. The second-order valence-corrected chi connectivity index (χ2v) is 4.08. The highest BCUT2D eigenvalue weighted by Crippen LogP contribution is 2.19. The molecule has 17 heavy (non-hydrogen) atoms. The van der Waals surface area contributed by atoms with E-state index in [1.54, 1.807) is 12.1 Å². The molecule has 0 aliphatic rings. The van der Waals surface area contributed by atoms with Gasteiger partial charge >= 0.3 is 0 Å². The molecule has 4 nitrogen and oxygen atoms in total. The molecular weight excluding hydrogens is 243 g/mol. The normalized spacial score (nSPS) is 12.6. The number of nitrogens with one attached hydrogen (secondary N) is 2. The van der Waals surface area contributed by atoms with Gasteiger partial charge in [0.2, 0.25) is 0 Å². The molecule has 0 spiro atoms. The van der Waals surface area contributed by atoms with Crippen molar-refractivity contribution >= 4 is 11.6 Å². The van der Waals surface area contributed by atoms with Crippen LogP contribution in [0.1, 0.15) is 24.4 Å². The summed E-state index contributed by atoms with van der Waals surface area (Å²) in [7, 11) is 0. The van der Waals surface area contributed by atoms with Crippen LogP contribution in [0, 0.1) is 5.82 Å². The highest BCUT2D eigenvalue weighted by Gasteiger charge is 2.11. The Bertz CT molecular complexity index is 466. The van der Waals surface area contributed by atoms with Gasteiger partial charge < -0.3 is 5.32 Å². The fourth-order valence-electron chi connectivity index (χ4n) is 1.48. The van der Waals surface area contributed by atoms with Crippen LogP contribution < -0.4 is 5.32 Å². The Hall–Kier alpha value is -1.46. The molecule has 0 fully saturated rings. The molecule has 1 heterocycles. The quantitative estimate of drug-likeness (QED) is 0.881. The molecule has 90 valence electrons. The number of aromatic amines is 1. The summed E-state index contributed by atoms with van der Waals surface area (Å²) in [5, 5.41) is 10.1. The predicted molar refractivity (Wildman–Crippen MR) is 63.0 cm³/mol. The molecule has 6 heteroatoms. The van der Waals surface area contributed by atoms with E-state index in [-0.39, 0.29) is 11.9 Å². The molecule has 0 bridgehead atoms. The molecule has 0 aliphatic heterocycles. The van der Waals surface area contributed by atoms with E-state index in [1.807, 2.05) is 6.92 Å². The summed E-state index contributed by atoms with van der Waals surface area (Å²) in [6.45, 7) is 2.25. The van der Waals surface area contributed by atoms with E-state index < -0.39 is 0 Å². The standard InChI is InChI=1S/C11H12ClFN4/c1-7(11-15-6-16-17-11)14-5-8-9(12)3-2-4-10(8)13/h2-4,6-7,14H,5H2,1H3,(H,15,16,17). The van der Waals surface area contributed by atoms with Crippen LogP contribution in [-0.4, -0.2) is 15.2 Å². The third-order valence-electron chi connectivity index (χ3n) is 2.49. The van der Waals surface area contributed by atoms with Gasteiger partial charge in [0.1, 0.15) is 18.0 Å². The van der Waals surface area contributed by atoms with E-state index in [0.29, 0.717) is 23.0 Å². The van der Waals surface area contributed by atoms with Crippen molar-refractivity contribution in [1.82, 2.24) is 20.5 Å². The van der Waals surface area contributed by atoms with Crippen LogP contribution in [0.3, 0.4) is 0 Å². The maximum Gasteiger partial charge on any atom is 0.141 e. The summed E-state index contributed by atoms with van der Waals surface area (Å²) < 4.78 is 13.5. The molecule has 0 saturated carbocycles. The Morgan fingerprint density at radius 2 is 2.35 bits per heavy atom. The number of hydrogen-bond donors (Lipinski definition) is 2. The molecule has 2 N–H and O–H groups in total. The Balaban J connectivity index is 2.03. The van der Waals surface area contributed by atoms with Crippen molar-refractivity contribution in [3.63, 3.8) is 0 Å². The van der Waals surface area contributed by atoms with Crippen molar-refractivity contribution in [3.8, 4) is 0 Å². The Labute approximate surface area is 103 Å². The lowest BCUT2D eigenvalue weighted by Crippen LogP contribution is -2.20. The molecular formula is C11H12ClFN4.